The maximum Gasteiger partial charge on any atom is 0.256 e. The largest absolute Gasteiger partial charge is 0.372 e. The number of aliphatic hydroxyl groups excluding tert-OH is 1. The van der Waals surface area contributed by atoms with Crippen molar-refractivity contribution in [2.45, 2.75) is 12.5 Å². The van der Waals surface area contributed by atoms with E-state index in [4.69, 9.17) is 10.2 Å². The smallest absolute Gasteiger partial charge is 0.256 e. The average molecular weight is 200 g/mol. The minimum atomic E-state index is -1.74. The number of hydrogen-bond donors (Lipinski definition) is 2. The van der Waals surface area contributed by atoms with Gasteiger partial charge in [0.2, 0.25) is 9.76 Å². The second-order valence-electron chi connectivity index (χ2n) is 2.40. The molecule has 0 bridgehead atoms. The summed E-state index contributed by atoms with van der Waals surface area (Å²) in [4.78, 5) is 0. The third-order valence-corrected chi connectivity index (χ3v) is 2.28. The predicted octanol–water partition coefficient (Wildman–Crippen LogP) is 0.230. The van der Waals surface area contributed by atoms with Crippen molar-refractivity contribution in [3.05, 3.63) is 35.6 Å². The van der Waals surface area contributed by atoms with Crippen LogP contribution in [0, 0.1) is 5.82 Å². The van der Waals surface area contributed by atoms with Crippen molar-refractivity contribution < 1.29 is 19.0 Å². The van der Waals surface area contributed by atoms with Crippen LogP contribution in [0.3, 0.4) is 0 Å². The molecule has 0 aliphatic carbocycles. The number of halogens is 1. The molecule has 0 aliphatic rings. The monoisotopic (exact) mass is 200 g/mol. The molecule has 0 amide bonds. The van der Waals surface area contributed by atoms with E-state index >= 15 is 0 Å². The summed E-state index contributed by atoms with van der Waals surface area (Å²) in [5, 5.41) is 16.7. The van der Waals surface area contributed by atoms with E-state index in [2.05, 4.69) is 4.43 Å². The standard InChI is InChI=1S/C8H9FO3Si/c9-7-3-1-2-6(4-7)5-13-12-8(10)11/h1-4,8,10-11H,5H2. The minimum absolute atomic E-state index is 0.0803. The Kier molecular flexibility index (Phi) is 4.04. The zero-order valence-electron chi connectivity index (χ0n) is 6.77. The highest BCUT2D eigenvalue weighted by Gasteiger charge is 2.00. The molecule has 0 spiro atoms. The fourth-order valence-electron chi connectivity index (χ4n) is 0.846. The predicted molar refractivity (Wildman–Crippen MR) is 45.2 cm³/mol. The first-order chi connectivity index (χ1) is 6.18. The van der Waals surface area contributed by atoms with Gasteiger partial charge in [-0.2, -0.15) is 0 Å². The molecule has 2 N–H and O–H groups in total. The van der Waals surface area contributed by atoms with Crippen LogP contribution in [0.4, 0.5) is 4.39 Å². The van der Waals surface area contributed by atoms with Crippen LogP contribution < -0.4 is 0 Å². The lowest BCUT2D eigenvalue weighted by Crippen LogP contribution is -2.15. The summed E-state index contributed by atoms with van der Waals surface area (Å²) in [5.74, 6) is -0.299. The highest BCUT2D eigenvalue weighted by atomic mass is 28.2. The molecule has 3 nitrogen and oxygen atoms in total. The maximum atomic E-state index is 12.6. The Morgan fingerprint density at radius 1 is 1.46 bits per heavy atom. The van der Waals surface area contributed by atoms with Gasteiger partial charge in [-0.15, -0.1) is 0 Å². The summed E-state index contributed by atoms with van der Waals surface area (Å²) in [7, 11) is -0.0803. The lowest BCUT2D eigenvalue weighted by atomic mass is 10.2. The summed E-state index contributed by atoms with van der Waals surface area (Å²) < 4.78 is 17.1. The summed E-state index contributed by atoms with van der Waals surface area (Å²) in [6.45, 7) is -1.74. The zero-order valence-corrected chi connectivity index (χ0v) is 7.77. The van der Waals surface area contributed by atoms with Crippen molar-refractivity contribution in [3.8, 4) is 0 Å². The van der Waals surface area contributed by atoms with E-state index < -0.39 is 6.48 Å². The fraction of sp³-hybridized carbons (Fsp3) is 0.250. The molecule has 70 valence electrons. The first-order valence-electron chi connectivity index (χ1n) is 3.67. The highest BCUT2D eigenvalue weighted by Crippen LogP contribution is 2.03. The van der Waals surface area contributed by atoms with Gasteiger partial charge in [-0.1, -0.05) is 12.1 Å². The lowest BCUT2D eigenvalue weighted by Gasteiger charge is -2.03. The number of hydrogen-bond acceptors (Lipinski definition) is 3. The molecule has 0 heterocycles. The van der Waals surface area contributed by atoms with Gasteiger partial charge in [0, 0.05) is 0 Å². The number of aliphatic hydroxyl groups is 2. The van der Waals surface area contributed by atoms with Crippen molar-refractivity contribution in [1.29, 1.82) is 0 Å². The van der Waals surface area contributed by atoms with Gasteiger partial charge in [0.05, 0.1) is 0 Å². The van der Waals surface area contributed by atoms with Crippen LogP contribution in [0.25, 0.3) is 0 Å². The summed E-state index contributed by atoms with van der Waals surface area (Å²) in [6.07, 6.45) is 0. The van der Waals surface area contributed by atoms with Gasteiger partial charge in [0.1, 0.15) is 5.82 Å². The molecule has 13 heavy (non-hydrogen) atoms. The summed E-state index contributed by atoms with van der Waals surface area (Å²) in [6, 6.07) is 6.58. The van der Waals surface area contributed by atoms with Crippen LogP contribution in [0.1, 0.15) is 5.56 Å². The third-order valence-electron chi connectivity index (χ3n) is 1.35. The van der Waals surface area contributed by atoms with Gasteiger partial charge in [-0.3, -0.25) is 0 Å². The summed E-state index contributed by atoms with van der Waals surface area (Å²) >= 11 is 0. The minimum Gasteiger partial charge on any atom is -0.372 e. The Balaban J connectivity index is 2.37. The molecule has 0 unspecified atom stereocenters. The molecule has 0 aliphatic heterocycles. The van der Waals surface area contributed by atoms with Gasteiger partial charge in [0.25, 0.3) is 6.48 Å². The molecule has 1 rings (SSSR count). The lowest BCUT2D eigenvalue weighted by molar-refractivity contribution is -0.180. The first kappa shape index (κ1) is 10.3. The molecule has 0 saturated carbocycles. The first-order valence-corrected chi connectivity index (χ1v) is 4.79. The molecule has 0 atom stereocenters. The fourth-order valence-corrected chi connectivity index (χ4v) is 1.47. The van der Waals surface area contributed by atoms with Crippen LogP contribution in [-0.2, 0) is 10.5 Å². The molecule has 1 aromatic carbocycles. The Hall–Kier alpha value is -0.753. The van der Waals surface area contributed by atoms with E-state index in [1.54, 1.807) is 12.1 Å². The van der Waals surface area contributed by atoms with E-state index in [1.807, 2.05) is 0 Å². The Morgan fingerprint density at radius 2 is 2.23 bits per heavy atom. The molecule has 2 radical (unpaired) electrons. The van der Waals surface area contributed by atoms with Crippen molar-refractivity contribution in [2.24, 2.45) is 0 Å². The highest BCUT2D eigenvalue weighted by molar-refractivity contribution is 6.26. The average Bonchev–Trinajstić information content (AvgIpc) is 2.03. The van der Waals surface area contributed by atoms with Gasteiger partial charge < -0.3 is 14.6 Å². The van der Waals surface area contributed by atoms with Crippen LogP contribution in [-0.4, -0.2) is 26.5 Å². The molecule has 1 aromatic rings. The molecule has 0 fully saturated rings. The summed E-state index contributed by atoms with van der Waals surface area (Å²) in [5.41, 5.74) is 0.777. The second-order valence-corrected chi connectivity index (χ2v) is 3.27. The topological polar surface area (TPSA) is 49.7 Å². The molecule has 0 aromatic heterocycles. The normalized spacial score (nSPS) is 10.8. The van der Waals surface area contributed by atoms with Crippen LogP contribution in [0.2, 0.25) is 0 Å². The number of rotatable bonds is 4. The van der Waals surface area contributed by atoms with Gasteiger partial charge in [-0.25, -0.2) is 4.39 Å². The van der Waals surface area contributed by atoms with E-state index in [1.165, 1.54) is 12.1 Å². The quantitative estimate of drug-likeness (QED) is 0.540. The molecular weight excluding hydrogens is 191 g/mol. The SMILES string of the molecule is OC(O)O[Si]Cc1cccc(F)c1. The Labute approximate surface area is 77.7 Å². The van der Waals surface area contributed by atoms with Crippen molar-refractivity contribution in [2.75, 3.05) is 0 Å². The van der Waals surface area contributed by atoms with Crippen LogP contribution in [0.5, 0.6) is 0 Å². The number of benzene rings is 1. The van der Waals surface area contributed by atoms with Crippen LogP contribution >= 0.6 is 0 Å². The van der Waals surface area contributed by atoms with E-state index in [-0.39, 0.29) is 15.6 Å². The molecular formula is C8H9FO3Si. The van der Waals surface area contributed by atoms with Gasteiger partial charge in [0.15, 0.2) is 0 Å². The zero-order chi connectivity index (χ0) is 9.68. The van der Waals surface area contributed by atoms with Gasteiger partial charge in [-0.05, 0) is 23.7 Å². The van der Waals surface area contributed by atoms with Crippen LogP contribution in [0.15, 0.2) is 24.3 Å². The Morgan fingerprint density at radius 3 is 2.85 bits per heavy atom. The molecule has 0 saturated heterocycles. The van der Waals surface area contributed by atoms with Crippen molar-refractivity contribution in [3.63, 3.8) is 0 Å². The van der Waals surface area contributed by atoms with E-state index in [0.29, 0.717) is 6.04 Å². The maximum absolute atomic E-state index is 12.6. The van der Waals surface area contributed by atoms with E-state index in [9.17, 15) is 4.39 Å². The second kappa shape index (κ2) is 5.08. The Bertz CT molecular complexity index is 267. The molecule has 5 heteroatoms. The van der Waals surface area contributed by atoms with Crippen molar-refractivity contribution in [1.82, 2.24) is 0 Å². The third kappa shape index (κ3) is 4.14. The van der Waals surface area contributed by atoms with E-state index in [0.717, 1.165) is 5.56 Å². The van der Waals surface area contributed by atoms with Gasteiger partial charge >= 0.3 is 0 Å². The van der Waals surface area contributed by atoms with Crippen molar-refractivity contribution >= 4 is 9.76 Å².